The van der Waals surface area contributed by atoms with Crippen molar-refractivity contribution >= 4 is 37.9 Å². The van der Waals surface area contributed by atoms with Crippen molar-refractivity contribution in [3.8, 4) is 24.7 Å². The SMILES string of the molecule is C#CC(C#C)=c1c2ccccc2c2cccc3cccc1c32. The Bertz CT molecular complexity index is 1160. The van der Waals surface area contributed by atoms with Gasteiger partial charge in [-0.3, -0.25) is 0 Å². The quantitative estimate of drug-likeness (QED) is 0.255. The summed E-state index contributed by atoms with van der Waals surface area (Å²) in [6, 6.07) is 21.0. The van der Waals surface area contributed by atoms with E-state index in [0.717, 1.165) is 16.0 Å². The molecule has 0 saturated heterocycles. The molecular formula is C22H12. The average Bonchev–Trinajstić information content (AvgIpc) is 2.58. The minimum absolute atomic E-state index is 0.606. The lowest BCUT2D eigenvalue weighted by Crippen LogP contribution is -2.09. The maximum Gasteiger partial charge on any atom is 0.0823 e. The van der Waals surface area contributed by atoms with Gasteiger partial charge in [-0.25, -0.2) is 0 Å². The van der Waals surface area contributed by atoms with Crippen LogP contribution >= 0.6 is 0 Å². The molecule has 0 nitrogen and oxygen atoms in total. The second kappa shape index (κ2) is 4.66. The van der Waals surface area contributed by atoms with Crippen LogP contribution in [-0.4, -0.2) is 0 Å². The lowest BCUT2D eigenvalue weighted by atomic mass is 9.91. The van der Waals surface area contributed by atoms with Gasteiger partial charge in [-0.2, -0.15) is 0 Å². The molecule has 0 aliphatic heterocycles. The van der Waals surface area contributed by atoms with Gasteiger partial charge in [0, 0.05) is 5.22 Å². The summed E-state index contributed by atoms with van der Waals surface area (Å²) in [5.74, 6) is 5.36. The Balaban J connectivity index is 2.55. The van der Waals surface area contributed by atoms with Gasteiger partial charge in [0.15, 0.2) is 0 Å². The van der Waals surface area contributed by atoms with Crippen LogP contribution < -0.4 is 5.22 Å². The normalized spacial score (nSPS) is 10.6. The third kappa shape index (κ3) is 1.56. The summed E-state index contributed by atoms with van der Waals surface area (Å²) in [4.78, 5) is 0. The van der Waals surface area contributed by atoms with Gasteiger partial charge >= 0.3 is 0 Å². The Labute approximate surface area is 129 Å². The van der Waals surface area contributed by atoms with Gasteiger partial charge in [0.05, 0.1) is 5.57 Å². The second-order valence-electron chi connectivity index (χ2n) is 5.29. The van der Waals surface area contributed by atoms with Gasteiger partial charge in [-0.15, -0.1) is 12.8 Å². The molecule has 4 aromatic carbocycles. The van der Waals surface area contributed by atoms with E-state index in [1.807, 2.05) is 6.07 Å². The van der Waals surface area contributed by atoms with E-state index in [9.17, 15) is 0 Å². The average molecular weight is 276 g/mol. The van der Waals surface area contributed by atoms with Gasteiger partial charge in [0.1, 0.15) is 0 Å². The molecule has 100 valence electrons. The van der Waals surface area contributed by atoms with E-state index < -0.39 is 0 Å². The van der Waals surface area contributed by atoms with Crippen molar-refractivity contribution in [3.05, 3.63) is 65.9 Å². The number of terminal acetylenes is 2. The Hall–Kier alpha value is -3.22. The monoisotopic (exact) mass is 276 g/mol. The van der Waals surface area contributed by atoms with Crippen LogP contribution in [0.3, 0.4) is 0 Å². The Morgan fingerprint density at radius 2 is 1.23 bits per heavy atom. The van der Waals surface area contributed by atoms with Crippen LogP contribution in [0.4, 0.5) is 0 Å². The molecule has 0 atom stereocenters. The lowest BCUT2D eigenvalue weighted by molar-refractivity contribution is 1.72. The van der Waals surface area contributed by atoms with Crippen molar-refractivity contribution in [2.45, 2.75) is 0 Å². The molecule has 0 saturated carbocycles. The number of hydrogen-bond acceptors (Lipinski definition) is 0. The van der Waals surface area contributed by atoms with Crippen molar-refractivity contribution < 1.29 is 0 Å². The third-order valence-electron chi connectivity index (χ3n) is 4.20. The Morgan fingerprint density at radius 1 is 0.636 bits per heavy atom. The highest BCUT2D eigenvalue weighted by Crippen LogP contribution is 2.30. The fourth-order valence-electron chi connectivity index (χ4n) is 3.31. The minimum Gasteiger partial charge on any atom is -0.114 e. The summed E-state index contributed by atoms with van der Waals surface area (Å²) >= 11 is 0. The Kier molecular flexibility index (Phi) is 2.65. The van der Waals surface area contributed by atoms with E-state index in [1.165, 1.54) is 21.5 Å². The van der Waals surface area contributed by atoms with Crippen molar-refractivity contribution in [3.63, 3.8) is 0 Å². The molecule has 22 heavy (non-hydrogen) atoms. The zero-order valence-corrected chi connectivity index (χ0v) is 11.9. The second-order valence-corrected chi connectivity index (χ2v) is 5.29. The largest absolute Gasteiger partial charge is 0.114 e. The van der Waals surface area contributed by atoms with Crippen LogP contribution in [0.5, 0.6) is 0 Å². The van der Waals surface area contributed by atoms with Crippen molar-refractivity contribution in [2.75, 3.05) is 0 Å². The number of rotatable bonds is 0. The molecule has 0 N–H and O–H groups in total. The molecule has 4 aromatic rings. The van der Waals surface area contributed by atoms with Crippen LogP contribution in [0.25, 0.3) is 37.9 Å². The van der Waals surface area contributed by atoms with Crippen molar-refractivity contribution in [1.29, 1.82) is 0 Å². The van der Waals surface area contributed by atoms with Gasteiger partial charge in [-0.1, -0.05) is 72.5 Å². The van der Waals surface area contributed by atoms with E-state index >= 15 is 0 Å². The summed E-state index contributed by atoms with van der Waals surface area (Å²) in [6.07, 6.45) is 11.3. The molecule has 0 heteroatoms. The van der Waals surface area contributed by atoms with Crippen LogP contribution in [0.1, 0.15) is 0 Å². The number of fused-ring (bicyclic) bond motifs is 2. The molecule has 0 unspecified atom stereocenters. The molecule has 0 amide bonds. The van der Waals surface area contributed by atoms with E-state index in [4.69, 9.17) is 12.8 Å². The van der Waals surface area contributed by atoms with Gasteiger partial charge in [-0.05, 0) is 32.3 Å². The van der Waals surface area contributed by atoms with E-state index in [-0.39, 0.29) is 0 Å². The molecule has 0 fully saturated rings. The predicted octanol–water partition coefficient (Wildman–Crippen LogP) is 4.28. The smallest absolute Gasteiger partial charge is 0.0823 e. The van der Waals surface area contributed by atoms with Crippen LogP contribution in [-0.2, 0) is 0 Å². The standard InChI is InChI=1S/C22H12/c1-3-15(4-2)21-18-12-6-5-11-17(18)19-13-7-9-16-10-8-14-20(21)22(16)19/h1-2,5-14H. The van der Waals surface area contributed by atoms with Crippen LogP contribution in [0, 0.1) is 24.7 Å². The molecule has 0 aliphatic carbocycles. The zero-order chi connectivity index (χ0) is 15.1. The summed E-state index contributed by atoms with van der Waals surface area (Å²) in [5.41, 5.74) is 0.606. The van der Waals surface area contributed by atoms with E-state index in [0.29, 0.717) is 5.57 Å². The van der Waals surface area contributed by atoms with Gasteiger partial charge in [0.25, 0.3) is 0 Å². The zero-order valence-electron chi connectivity index (χ0n) is 11.9. The maximum atomic E-state index is 5.67. The molecule has 0 aliphatic rings. The molecule has 0 aromatic heterocycles. The van der Waals surface area contributed by atoms with Crippen molar-refractivity contribution in [1.82, 2.24) is 0 Å². The number of benzene rings is 4. The van der Waals surface area contributed by atoms with Crippen LogP contribution in [0.2, 0.25) is 0 Å². The van der Waals surface area contributed by atoms with Crippen LogP contribution in [0.15, 0.2) is 60.7 Å². The summed E-state index contributed by atoms with van der Waals surface area (Å²) < 4.78 is 0. The molecular weight excluding hydrogens is 264 g/mol. The number of hydrogen-bond donors (Lipinski definition) is 0. The van der Waals surface area contributed by atoms with Crippen molar-refractivity contribution in [2.24, 2.45) is 0 Å². The molecule has 4 rings (SSSR count). The first-order valence-electron chi connectivity index (χ1n) is 7.14. The van der Waals surface area contributed by atoms with Gasteiger partial charge < -0.3 is 0 Å². The predicted molar refractivity (Wildman–Crippen MR) is 95.3 cm³/mol. The lowest BCUT2D eigenvalue weighted by Gasteiger charge is -2.11. The third-order valence-corrected chi connectivity index (χ3v) is 4.20. The first kappa shape index (κ1) is 12.5. The first-order chi connectivity index (χ1) is 10.8. The summed E-state index contributed by atoms with van der Waals surface area (Å²) in [6.45, 7) is 0. The molecule has 0 bridgehead atoms. The van der Waals surface area contributed by atoms with Gasteiger partial charge in [0.2, 0.25) is 0 Å². The Morgan fingerprint density at radius 3 is 1.91 bits per heavy atom. The topological polar surface area (TPSA) is 0 Å². The highest BCUT2D eigenvalue weighted by atomic mass is 14.1. The first-order valence-corrected chi connectivity index (χ1v) is 7.14. The molecule has 0 heterocycles. The minimum atomic E-state index is 0.606. The van der Waals surface area contributed by atoms with E-state index in [2.05, 4.69) is 66.4 Å². The highest BCUT2D eigenvalue weighted by molar-refractivity contribution is 6.22. The fraction of sp³-hybridized carbons (Fsp3) is 0. The summed E-state index contributed by atoms with van der Waals surface area (Å²) in [7, 11) is 0. The maximum absolute atomic E-state index is 5.67. The molecule has 0 spiro atoms. The van der Waals surface area contributed by atoms with E-state index in [1.54, 1.807) is 0 Å². The highest BCUT2D eigenvalue weighted by Gasteiger charge is 2.10. The molecule has 0 radical (unpaired) electrons. The summed E-state index contributed by atoms with van der Waals surface area (Å²) in [5, 5.41) is 8.07. The fourth-order valence-corrected chi connectivity index (χ4v) is 3.31.